The average molecular weight is 236 g/mol. The summed E-state index contributed by atoms with van der Waals surface area (Å²) < 4.78 is 0. The van der Waals surface area contributed by atoms with E-state index in [1.807, 2.05) is 18.2 Å². The minimum absolute atomic E-state index is 0.556. The molecule has 0 unspecified atom stereocenters. The third-order valence-electron chi connectivity index (χ3n) is 3.02. The average Bonchev–Trinajstić information content (AvgIpc) is 2.34. The molecule has 3 nitrogen and oxygen atoms in total. The number of benzene rings is 1. The lowest BCUT2D eigenvalue weighted by atomic mass is 9.98. The normalized spacial score (nSPS) is 14.2. The maximum absolute atomic E-state index is 10.6. The van der Waals surface area contributed by atoms with Crippen LogP contribution in [0.1, 0.15) is 31.7 Å². The van der Waals surface area contributed by atoms with Crippen molar-refractivity contribution < 1.29 is 15.0 Å². The van der Waals surface area contributed by atoms with E-state index >= 15 is 0 Å². The maximum atomic E-state index is 10.6. The fourth-order valence-electron chi connectivity index (χ4n) is 1.74. The molecule has 0 aliphatic carbocycles. The van der Waals surface area contributed by atoms with Gasteiger partial charge in [0.05, 0.1) is 12.0 Å². The zero-order chi connectivity index (χ0) is 12.7. The summed E-state index contributed by atoms with van der Waals surface area (Å²) in [6, 6.07) is 10.2. The molecule has 0 fully saturated rings. The summed E-state index contributed by atoms with van der Waals surface area (Å²) in [5.74, 6) is -1.60. The van der Waals surface area contributed by atoms with Crippen molar-refractivity contribution in [3.63, 3.8) is 0 Å². The number of carbonyl (C=O) groups is 1. The molecule has 17 heavy (non-hydrogen) atoms. The zero-order valence-corrected chi connectivity index (χ0v) is 10.2. The lowest BCUT2D eigenvalue weighted by molar-refractivity contribution is -0.144. The molecule has 2 N–H and O–H groups in total. The lowest BCUT2D eigenvalue weighted by Gasteiger charge is -2.14. The van der Waals surface area contributed by atoms with Crippen LogP contribution in [0.25, 0.3) is 0 Å². The molecule has 0 saturated carbocycles. The Labute approximate surface area is 102 Å². The van der Waals surface area contributed by atoms with Crippen LogP contribution in [0.3, 0.4) is 0 Å². The minimum Gasteiger partial charge on any atom is -0.481 e. The number of hydrogen-bond acceptors (Lipinski definition) is 2. The first-order chi connectivity index (χ1) is 8.11. The second-order valence-corrected chi connectivity index (χ2v) is 4.43. The summed E-state index contributed by atoms with van der Waals surface area (Å²) in [6.07, 6.45) is 2.64. The Hall–Kier alpha value is -1.35. The van der Waals surface area contributed by atoms with Crippen LogP contribution in [0.5, 0.6) is 0 Å². The molecular weight excluding hydrogens is 216 g/mol. The van der Waals surface area contributed by atoms with E-state index in [1.54, 1.807) is 6.92 Å². The van der Waals surface area contributed by atoms with E-state index in [4.69, 9.17) is 5.11 Å². The summed E-state index contributed by atoms with van der Waals surface area (Å²) in [5, 5.41) is 18.3. The molecule has 0 saturated heterocycles. The molecule has 0 aliphatic rings. The van der Waals surface area contributed by atoms with E-state index in [2.05, 4.69) is 12.1 Å². The highest BCUT2D eigenvalue weighted by molar-refractivity contribution is 5.70. The van der Waals surface area contributed by atoms with Gasteiger partial charge in [0.15, 0.2) is 0 Å². The second-order valence-electron chi connectivity index (χ2n) is 4.43. The summed E-state index contributed by atoms with van der Waals surface area (Å²) >= 11 is 0. The van der Waals surface area contributed by atoms with Gasteiger partial charge in [-0.3, -0.25) is 4.79 Å². The van der Waals surface area contributed by atoms with E-state index in [-0.39, 0.29) is 0 Å². The Kier molecular flexibility index (Phi) is 5.70. The highest BCUT2D eigenvalue weighted by atomic mass is 16.4. The molecule has 94 valence electrons. The van der Waals surface area contributed by atoms with Crippen molar-refractivity contribution in [2.75, 3.05) is 0 Å². The highest BCUT2D eigenvalue weighted by Gasteiger charge is 2.20. The van der Waals surface area contributed by atoms with Crippen molar-refractivity contribution in [3.05, 3.63) is 35.9 Å². The number of hydrogen-bond donors (Lipinski definition) is 2. The van der Waals surface area contributed by atoms with Gasteiger partial charge >= 0.3 is 5.97 Å². The van der Waals surface area contributed by atoms with Gasteiger partial charge in [-0.25, -0.2) is 0 Å². The molecule has 0 heterocycles. The number of carboxylic acids is 1. The van der Waals surface area contributed by atoms with E-state index < -0.39 is 18.0 Å². The SMILES string of the molecule is C[C@@H](C(=O)O)[C@@H](O)CCCCc1ccccc1. The Balaban J connectivity index is 2.18. The Morgan fingerprint density at radius 2 is 1.88 bits per heavy atom. The first-order valence-electron chi connectivity index (χ1n) is 6.06. The van der Waals surface area contributed by atoms with E-state index in [1.165, 1.54) is 5.56 Å². The third kappa shape index (κ3) is 5.00. The number of carboxylic acid groups (broad SMARTS) is 1. The summed E-state index contributed by atoms with van der Waals surface area (Å²) in [4.78, 5) is 10.6. The van der Waals surface area contributed by atoms with Gasteiger partial charge in [-0.05, 0) is 31.7 Å². The first-order valence-corrected chi connectivity index (χ1v) is 6.06. The minimum atomic E-state index is -0.930. The summed E-state index contributed by atoms with van der Waals surface area (Å²) in [5.41, 5.74) is 1.29. The quantitative estimate of drug-likeness (QED) is 0.715. The summed E-state index contributed by atoms with van der Waals surface area (Å²) in [7, 11) is 0. The fourth-order valence-corrected chi connectivity index (χ4v) is 1.74. The molecule has 1 aromatic carbocycles. The molecule has 0 bridgehead atoms. The van der Waals surface area contributed by atoms with Crippen molar-refractivity contribution in [2.45, 2.75) is 38.7 Å². The molecular formula is C14H20O3. The number of rotatable bonds is 7. The van der Waals surface area contributed by atoms with Crippen LogP contribution in [0, 0.1) is 5.92 Å². The van der Waals surface area contributed by atoms with Crippen molar-refractivity contribution in [3.8, 4) is 0 Å². The fraction of sp³-hybridized carbons (Fsp3) is 0.500. The molecule has 3 heteroatoms. The topological polar surface area (TPSA) is 57.5 Å². The van der Waals surface area contributed by atoms with Crippen molar-refractivity contribution in [2.24, 2.45) is 5.92 Å². The van der Waals surface area contributed by atoms with Crippen LogP contribution in [-0.4, -0.2) is 22.3 Å². The summed E-state index contributed by atoms with van der Waals surface area (Å²) in [6.45, 7) is 1.55. The molecule has 1 rings (SSSR count). The van der Waals surface area contributed by atoms with Gasteiger partial charge in [0, 0.05) is 0 Å². The molecule has 0 spiro atoms. The van der Waals surface area contributed by atoms with Crippen LogP contribution in [0.2, 0.25) is 0 Å². The van der Waals surface area contributed by atoms with Crippen LogP contribution in [-0.2, 0) is 11.2 Å². The molecule has 2 atom stereocenters. The Morgan fingerprint density at radius 3 is 2.47 bits per heavy atom. The number of aryl methyl sites for hydroxylation is 1. The van der Waals surface area contributed by atoms with Crippen LogP contribution < -0.4 is 0 Å². The number of unbranched alkanes of at least 4 members (excludes halogenated alkanes) is 1. The van der Waals surface area contributed by atoms with Gasteiger partial charge in [0.2, 0.25) is 0 Å². The standard InChI is InChI=1S/C14H20O3/c1-11(14(16)17)13(15)10-6-5-9-12-7-3-2-4-8-12/h2-4,7-8,11,13,15H,5-6,9-10H2,1H3,(H,16,17)/t11-,13+/m1/s1. The second kappa shape index (κ2) is 7.07. The maximum Gasteiger partial charge on any atom is 0.308 e. The van der Waals surface area contributed by atoms with Crippen molar-refractivity contribution >= 4 is 5.97 Å². The van der Waals surface area contributed by atoms with E-state index in [0.717, 1.165) is 19.3 Å². The van der Waals surface area contributed by atoms with Crippen molar-refractivity contribution in [1.82, 2.24) is 0 Å². The van der Waals surface area contributed by atoms with Crippen LogP contribution in [0.15, 0.2) is 30.3 Å². The lowest BCUT2D eigenvalue weighted by Crippen LogP contribution is -2.25. The van der Waals surface area contributed by atoms with Gasteiger partial charge in [-0.15, -0.1) is 0 Å². The monoisotopic (exact) mass is 236 g/mol. The Bertz CT molecular complexity index is 335. The largest absolute Gasteiger partial charge is 0.481 e. The first kappa shape index (κ1) is 13.7. The number of aliphatic carboxylic acids is 1. The van der Waals surface area contributed by atoms with E-state index in [9.17, 15) is 9.90 Å². The van der Waals surface area contributed by atoms with Gasteiger partial charge in [0.25, 0.3) is 0 Å². The third-order valence-corrected chi connectivity index (χ3v) is 3.02. The predicted molar refractivity (Wildman–Crippen MR) is 66.8 cm³/mol. The zero-order valence-electron chi connectivity index (χ0n) is 10.2. The van der Waals surface area contributed by atoms with Gasteiger partial charge in [-0.1, -0.05) is 36.8 Å². The molecule has 0 aromatic heterocycles. The Morgan fingerprint density at radius 1 is 1.24 bits per heavy atom. The molecule has 1 aromatic rings. The smallest absolute Gasteiger partial charge is 0.308 e. The molecule has 0 radical (unpaired) electrons. The van der Waals surface area contributed by atoms with Gasteiger partial charge in [0.1, 0.15) is 0 Å². The molecule has 0 aliphatic heterocycles. The van der Waals surface area contributed by atoms with Crippen LogP contribution in [0.4, 0.5) is 0 Å². The number of aliphatic hydroxyl groups excluding tert-OH is 1. The van der Waals surface area contributed by atoms with Gasteiger partial charge < -0.3 is 10.2 Å². The van der Waals surface area contributed by atoms with Crippen LogP contribution >= 0.6 is 0 Å². The van der Waals surface area contributed by atoms with E-state index in [0.29, 0.717) is 6.42 Å². The van der Waals surface area contributed by atoms with Gasteiger partial charge in [-0.2, -0.15) is 0 Å². The predicted octanol–water partition coefficient (Wildman–Crippen LogP) is 2.48. The highest BCUT2D eigenvalue weighted by Crippen LogP contribution is 2.13. The molecule has 0 amide bonds. The number of aliphatic hydroxyl groups is 1. The van der Waals surface area contributed by atoms with Crippen molar-refractivity contribution in [1.29, 1.82) is 0 Å².